The second kappa shape index (κ2) is 9.92. The van der Waals surface area contributed by atoms with Crippen LogP contribution in [0.2, 0.25) is 0 Å². The number of rotatable bonds is 9. The molecule has 0 spiro atoms. The standard InChI is InChI=1S/C21H24N4OS/c1-2-25-16-23-24-21(25)27-15-20(26)22-14-13-19(17-9-5-3-6-10-17)18-11-7-4-8-12-18/h3-12,16,19H,2,13-15H2,1H3,(H,22,26). The van der Waals surface area contributed by atoms with Crippen molar-refractivity contribution in [2.45, 2.75) is 31.0 Å². The molecular weight excluding hydrogens is 356 g/mol. The summed E-state index contributed by atoms with van der Waals surface area (Å²) in [5.74, 6) is 0.633. The van der Waals surface area contributed by atoms with Gasteiger partial charge in [-0.25, -0.2) is 0 Å². The van der Waals surface area contributed by atoms with Gasteiger partial charge in [-0.1, -0.05) is 72.4 Å². The molecule has 0 saturated heterocycles. The highest BCUT2D eigenvalue weighted by molar-refractivity contribution is 7.99. The molecule has 0 fully saturated rings. The van der Waals surface area contributed by atoms with Crippen molar-refractivity contribution >= 4 is 17.7 Å². The lowest BCUT2D eigenvalue weighted by atomic mass is 9.88. The number of carbonyl (C=O) groups excluding carboxylic acids is 1. The topological polar surface area (TPSA) is 59.8 Å². The molecule has 5 nitrogen and oxygen atoms in total. The fourth-order valence-electron chi connectivity index (χ4n) is 3.01. The number of aromatic nitrogens is 3. The van der Waals surface area contributed by atoms with Gasteiger partial charge in [0.1, 0.15) is 6.33 Å². The Morgan fingerprint density at radius 1 is 1.07 bits per heavy atom. The first-order valence-corrected chi connectivity index (χ1v) is 10.1. The Morgan fingerprint density at radius 2 is 1.70 bits per heavy atom. The molecule has 0 saturated carbocycles. The van der Waals surface area contributed by atoms with Gasteiger partial charge in [0, 0.05) is 19.0 Å². The Bertz CT molecular complexity index is 796. The van der Waals surface area contributed by atoms with E-state index in [1.165, 1.54) is 22.9 Å². The van der Waals surface area contributed by atoms with Crippen molar-refractivity contribution in [1.29, 1.82) is 0 Å². The summed E-state index contributed by atoms with van der Waals surface area (Å²) in [5.41, 5.74) is 2.53. The van der Waals surface area contributed by atoms with Crippen molar-refractivity contribution < 1.29 is 4.79 Å². The molecule has 0 aliphatic rings. The lowest BCUT2D eigenvalue weighted by Gasteiger charge is -2.18. The normalized spacial score (nSPS) is 10.9. The molecule has 0 atom stereocenters. The molecule has 3 rings (SSSR count). The molecule has 1 aromatic heterocycles. The average Bonchev–Trinajstić information content (AvgIpc) is 3.18. The quantitative estimate of drug-likeness (QED) is 0.575. The smallest absolute Gasteiger partial charge is 0.230 e. The van der Waals surface area contributed by atoms with Crippen LogP contribution in [-0.4, -0.2) is 33.0 Å². The molecule has 0 bridgehead atoms. The van der Waals surface area contributed by atoms with Crippen LogP contribution in [0.4, 0.5) is 0 Å². The third kappa shape index (κ3) is 5.44. The van der Waals surface area contributed by atoms with E-state index in [-0.39, 0.29) is 11.8 Å². The van der Waals surface area contributed by atoms with Gasteiger partial charge in [0.05, 0.1) is 5.75 Å². The summed E-state index contributed by atoms with van der Waals surface area (Å²) in [6.45, 7) is 3.46. The van der Waals surface area contributed by atoms with Gasteiger partial charge in [0.15, 0.2) is 5.16 Å². The SMILES string of the molecule is CCn1cnnc1SCC(=O)NCCC(c1ccccc1)c1ccccc1. The molecular formula is C21H24N4OS. The van der Waals surface area contributed by atoms with Crippen LogP contribution in [-0.2, 0) is 11.3 Å². The molecule has 0 unspecified atom stereocenters. The van der Waals surface area contributed by atoms with Crippen LogP contribution < -0.4 is 5.32 Å². The molecule has 3 aromatic rings. The van der Waals surface area contributed by atoms with E-state index < -0.39 is 0 Å². The zero-order valence-electron chi connectivity index (χ0n) is 15.4. The van der Waals surface area contributed by atoms with E-state index >= 15 is 0 Å². The second-order valence-electron chi connectivity index (χ2n) is 6.20. The number of nitrogens with one attached hydrogen (secondary N) is 1. The molecule has 27 heavy (non-hydrogen) atoms. The summed E-state index contributed by atoms with van der Waals surface area (Å²) >= 11 is 1.42. The predicted octanol–water partition coefficient (Wildman–Crippen LogP) is 3.73. The monoisotopic (exact) mass is 380 g/mol. The highest BCUT2D eigenvalue weighted by Gasteiger charge is 2.14. The van der Waals surface area contributed by atoms with E-state index in [0.717, 1.165) is 18.1 Å². The number of carbonyl (C=O) groups is 1. The number of benzene rings is 2. The molecule has 1 N–H and O–H groups in total. The maximum Gasteiger partial charge on any atom is 0.230 e. The van der Waals surface area contributed by atoms with Gasteiger partial charge in [0.2, 0.25) is 5.91 Å². The van der Waals surface area contributed by atoms with Gasteiger partial charge in [-0.2, -0.15) is 0 Å². The van der Waals surface area contributed by atoms with Crippen molar-refractivity contribution in [3.05, 3.63) is 78.1 Å². The van der Waals surface area contributed by atoms with E-state index in [1.54, 1.807) is 6.33 Å². The van der Waals surface area contributed by atoms with E-state index in [0.29, 0.717) is 12.3 Å². The fraction of sp³-hybridized carbons (Fsp3) is 0.286. The first kappa shape index (κ1) is 19.2. The molecule has 140 valence electrons. The van der Waals surface area contributed by atoms with Gasteiger partial charge < -0.3 is 9.88 Å². The van der Waals surface area contributed by atoms with E-state index in [2.05, 4.69) is 64.0 Å². The number of hydrogen-bond donors (Lipinski definition) is 1. The number of aryl methyl sites for hydroxylation is 1. The van der Waals surface area contributed by atoms with Crippen LogP contribution in [0.5, 0.6) is 0 Å². The van der Waals surface area contributed by atoms with Crippen molar-refractivity contribution in [2.75, 3.05) is 12.3 Å². The molecule has 2 aromatic carbocycles. The van der Waals surface area contributed by atoms with Crippen molar-refractivity contribution in [2.24, 2.45) is 0 Å². The maximum absolute atomic E-state index is 12.2. The van der Waals surface area contributed by atoms with E-state index in [1.807, 2.05) is 23.6 Å². The fourth-order valence-corrected chi connectivity index (χ4v) is 3.82. The largest absolute Gasteiger partial charge is 0.355 e. The van der Waals surface area contributed by atoms with Gasteiger partial charge in [-0.05, 0) is 24.5 Å². The van der Waals surface area contributed by atoms with Crippen LogP contribution in [0.25, 0.3) is 0 Å². The first-order valence-electron chi connectivity index (χ1n) is 9.15. The Balaban J connectivity index is 1.54. The molecule has 1 amide bonds. The number of hydrogen-bond acceptors (Lipinski definition) is 4. The van der Waals surface area contributed by atoms with Crippen molar-refractivity contribution in [3.63, 3.8) is 0 Å². The Kier molecular flexibility index (Phi) is 7.04. The van der Waals surface area contributed by atoms with Crippen molar-refractivity contribution in [1.82, 2.24) is 20.1 Å². The minimum absolute atomic E-state index is 0.0190. The zero-order chi connectivity index (χ0) is 18.9. The third-order valence-corrected chi connectivity index (χ3v) is 5.39. The van der Waals surface area contributed by atoms with Crippen LogP contribution in [0.1, 0.15) is 30.4 Å². The molecule has 0 aliphatic carbocycles. The zero-order valence-corrected chi connectivity index (χ0v) is 16.2. The van der Waals surface area contributed by atoms with E-state index in [9.17, 15) is 4.79 Å². The predicted molar refractivity (Wildman–Crippen MR) is 109 cm³/mol. The van der Waals surface area contributed by atoms with E-state index in [4.69, 9.17) is 0 Å². The second-order valence-corrected chi connectivity index (χ2v) is 7.14. The molecule has 0 aliphatic heterocycles. The van der Waals surface area contributed by atoms with Gasteiger partial charge in [-0.15, -0.1) is 10.2 Å². The van der Waals surface area contributed by atoms with Crippen LogP contribution in [0.3, 0.4) is 0 Å². The highest BCUT2D eigenvalue weighted by Crippen LogP contribution is 2.27. The minimum atomic E-state index is 0.0190. The average molecular weight is 381 g/mol. The van der Waals surface area contributed by atoms with Crippen LogP contribution in [0, 0.1) is 0 Å². The van der Waals surface area contributed by atoms with Gasteiger partial charge >= 0.3 is 0 Å². The summed E-state index contributed by atoms with van der Waals surface area (Å²) < 4.78 is 1.93. The number of nitrogens with zero attached hydrogens (tertiary/aromatic N) is 3. The Morgan fingerprint density at radius 3 is 2.30 bits per heavy atom. The van der Waals surface area contributed by atoms with Crippen molar-refractivity contribution in [3.8, 4) is 0 Å². The Hall–Kier alpha value is -2.60. The lowest BCUT2D eigenvalue weighted by molar-refractivity contribution is -0.118. The Labute approximate surface area is 164 Å². The number of thioether (sulfide) groups is 1. The van der Waals surface area contributed by atoms with Crippen LogP contribution in [0.15, 0.2) is 72.1 Å². The molecule has 0 radical (unpaired) electrons. The summed E-state index contributed by atoms with van der Waals surface area (Å²) in [6, 6.07) is 20.9. The van der Waals surface area contributed by atoms with Gasteiger partial charge in [0.25, 0.3) is 0 Å². The summed E-state index contributed by atoms with van der Waals surface area (Å²) in [4.78, 5) is 12.2. The summed E-state index contributed by atoms with van der Waals surface area (Å²) in [5, 5.41) is 11.7. The molecule has 1 heterocycles. The summed E-state index contributed by atoms with van der Waals surface area (Å²) in [6.07, 6.45) is 2.54. The first-order chi connectivity index (χ1) is 13.3. The lowest BCUT2D eigenvalue weighted by Crippen LogP contribution is -2.27. The third-order valence-electron chi connectivity index (χ3n) is 4.41. The minimum Gasteiger partial charge on any atom is -0.355 e. The van der Waals surface area contributed by atoms with Gasteiger partial charge in [-0.3, -0.25) is 4.79 Å². The summed E-state index contributed by atoms with van der Waals surface area (Å²) in [7, 11) is 0. The maximum atomic E-state index is 12.2. The highest BCUT2D eigenvalue weighted by atomic mass is 32.2. The molecule has 6 heteroatoms. The van der Waals surface area contributed by atoms with Crippen LogP contribution >= 0.6 is 11.8 Å². The number of amides is 1.